The fourth-order valence-electron chi connectivity index (χ4n) is 1.64. The van der Waals surface area contributed by atoms with Crippen LogP contribution in [0.15, 0.2) is 16.7 Å². The van der Waals surface area contributed by atoms with Gasteiger partial charge in [-0.15, -0.1) is 0 Å². The van der Waals surface area contributed by atoms with Gasteiger partial charge in [0.2, 0.25) is 0 Å². The predicted octanol–water partition coefficient (Wildman–Crippen LogP) is 2.58. The lowest BCUT2D eigenvalue weighted by Crippen LogP contribution is -2.20. The minimum atomic E-state index is 0.0985. The number of hydrogen-bond acceptors (Lipinski definition) is 4. The smallest absolute Gasteiger partial charge is 0.123 e. The number of rotatable bonds is 9. The molecule has 0 aliphatic rings. The molecular formula is C14H25NO3. The SMILES string of the molecule is COCC(C)OCc1ccoc1CNCC(C)C. The van der Waals surface area contributed by atoms with E-state index in [0.29, 0.717) is 19.1 Å². The van der Waals surface area contributed by atoms with E-state index in [9.17, 15) is 0 Å². The monoisotopic (exact) mass is 255 g/mol. The standard InChI is InChI=1S/C14H25NO3/c1-11(2)7-15-8-14-13(5-6-17-14)10-18-12(3)9-16-4/h5-6,11-12,15H,7-10H2,1-4H3. The van der Waals surface area contributed by atoms with Crippen molar-refractivity contribution in [2.45, 2.75) is 40.0 Å². The van der Waals surface area contributed by atoms with Gasteiger partial charge in [0.25, 0.3) is 0 Å². The van der Waals surface area contributed by atoms with Crippen LogP contribution in [0.1, 0.15) is 32.1 Å². The number of furan rings is 1. The lowest BCUT2D eigenvalue weighted by atomic mass is 10.2. The van der Waals surface area contributed by atoms with Crippen LogP contribution < -0.4 is 5.32 Å². The highest BCUT2D eigenvalue weighted by Gasteiger charge is 2.09. The van der Waals surface area contributed by atoms with Crippen LogP contribution in [0.3, 0.4) is 0 Å². The molecule has 4 nitrogen and oxygen atoms in total. The van der Waals surface area contributed by atoms with Crippen molar-refractivity contribution in [1.82, 2.24) is 5.32 Å². The first-order valence-corrected chi connectivity index (χ1v) is 6.50. The number of nitrogens with one attached hydrogen (secondary N) is 1. The highest BCUT2D eigenvalue weighted by molar-refractivity contribution is 5.15. The van der Waals surface area contributed by atoms with Gasteiger partial charge >= 0.3 is 0 Å². The van der Waals surface area contributed by atoms with Gasteiger partial charge in [-0.1, -0.05) is 13.8 Å². The molecule has 1 unspecified atom stereocenters. The molecule has 1 atom stereocenters. The van der Waals surface area contributed by atoms with Crippen LogP contribution in [0.25, 0.3) is 0 Å². The van der Waals surface area contributed by atoms with E-state index in [1.807, 2.05) is 13.0 Å². The van der Waals surface area contributed by atoms with Gasteiger partial charge < -0.3 is 19.2 Å². The summed E-state index contributed by atoms with van der Waals surface area (Å²) >= 11 is 0. The van der Waals surface area contributed by atoms with Crippen molar-refractivity contribution < 1.29 is 13.9 Å². The first-order valence-electron chi connectivity index (χ1n) is 6.50. The molecule has 0 radical (unpaired) electrons. The second kappa shape index (κ2) is 8.29. The van der Waals surface area contributed by atoms with Gasteiger partial charge in [-0.05, 0) is 25.5 Å². The Kier molecular flexibility index (Phi) is 7.01. The molecule has 0 amide bonds. The predicted molar refractivity (Wildman–Crippen MR) is 71.4 cm³/mol. The lowest BCUT2D eigenvalue weighted by Gasteiger charge is -2.12. The molecule has 0 aliphatic carbocycles. The van der Waals surface area contributed by atoms with Crippen molar-refractivity contribution in [3.8, 4) is 0 Å². The van der Waals surface area contributed by atoms with E-state index in [1.165, 1.54) is 0 Å². The molecule has 0 saturated heterocycles. The summed E-state index contributed by atoms with van der Waals surface area (Å²) in [4.78, 5) is 0. The Bertz CT molecular complexity index is 323. The van der Waals surface area contributed by atoms with E-state index in [0.717, 1.165) is 24.4 Å². The van der Waals surface area contributed by atoms with Gasteiger partial charge in [0.1, 0.15) is 5.76 Å². The molecule has 1 aromatic heterocycles. The topological polar surface area (TPSA) is 43.6 Å². The van der Waals surface area contributed by atoms with Crippen LogP contribution in [-0.2, 0) is 22.6 Å². The highest BCUT2D eigenvalue weighted by atomic mass is 16.5. The summed E-state index contributed by atoms with van der Waals surface area (Å²) in [6.07, 6.45) is 1.81. The lowest BCUT2D eigenvalue weighted by molar-refractivity contribution is -0.000639. The van der Waals surface area contributed by atoms with E-state index in [-0.39, 0.29) is 6.10 Å². The molecule has 104 valence electrons. The molecule has 18 heavy (non-hydrogen) atoms. The van der Waals surface area contributed by atoms with Gasteiger partial charge in [-0.25, -0.2) is 0 Å². The molecule has 0 spiro atoms. The van der Waals surface area contributed by atoms with E-state index < -0.39 is 0 Å². The summed E-state index contributed by atoms with van der Waals surface area (Å²) in [6.45, 7) is 9.29. The van der Waals surface area contributed by atoms with Gasteiger partial charge in [-0.2, -0.15) is 0 Å². The van der Waals surface area contributed by atoms with E-state index in [4.69, 9.17) is 13.9 Å². The molecular weight excluding hydrogens is 230 g/mol. The van der Waals surface area contributed by atoms with E-state index in [1.54, 1.807) is 13.4 Å². The second-order valence-electron chi connectivity index (χ2n) is 4.97. The first kappa shape index (κ1) is 15.2. The first-order chi connectivity index (χ1) is 8.63. The third-order valence-electron chi connectivity index (χ3n) is 2.60. The normalized spacial score (nSPS) is 13.2. The Morgan fingerprint density at radius 1 is 1.33 bits per heavy atom. The maximum Gasteiger partial charge on any atom is 0.123 e. The van der Waals surface area contributed by atoms with Crippen LogP contribution >= 0.6 is 0 Å². The molecule has 0 aliphatic heterocycles. The van der Waals surface area contributed by atoms with Gasteiger partial charge in [0.15, 0.2) is 0 Å². The third-order valence-corrected chi connectivity index (χ3v) is 2.60. The van der Waals surface area contributed by atoms with Crippen LogP contribution in [0, 0.1) is 5.92 Å². The zero-order chi connectivity index (χ0) is 13.4. The second-order valence-corrected chi connectivity index (χ2v) is 4.97. The van der Waals surface area contributed by atoms with Crippen molar-refractivity contribution in [2.75, 3.05) is 20.3 Å². The molecule has 0 saturated carbocycles. The largest absolute Gasteiger partial charge is 0.468 e. The summed E-state index contributed by atoms with van der Waals surface area (Å²) in [7, 11) is 1.68. The zero-order valence-electron chi connectivity index (χ0n) is 11.9. The minimum Gasteiger partial charge on any atom is -0.468 e. The van der Waals surface area contributed by atoms with Crippen LogP contribution in [0.5, 0.6) is 0 Å². The van der Waals surface area contributed by atoms with Crippen molar-refractivity contribution in [2.24, 2.45) is 5.92 Å². The Balaban J connectivity index is 2.35. The molecule has 4 heteroatoms. The Labute approximate surface area is 110 Å². The Hall–Kier alpha value is -0.840. The molecule has 1 aromatic rings. The summed E-state index contributed by atoms with van der Waals surface area (Å²) in [5, 5.41) is 3.37. The summed E-state index contributed by atoms with van der Waals surface area (Å²) < 4.78 is 16.2. The minimum absolute atomic E-state index is 0.0985. The average Bonchev–Trinajstić information content (AvgIpc) is 2.74. The number of methoxy groups -OCH3 is 1. The summed E-state index contributed by atoms with van der Waals surface area (Å²) in [5.74, 6) is 1.60. The fourth-order valence-corrected chi connectivity index (χ4v) is 1.64. The quantitative estimate of drug-likeness (QED) is 0.736. The third kappa shape index (κ3) is 5.67. The number of hydrogen-bond donors (Lipinski definition) is 1. The highest BCUT2D eigenvalue weighted by Crippen LogP contribution is 2.13. The van der Waals surface area contributed by atoms with Crippen LogP contribution in [0.4, 0.5) is 0 Å². The maximum atomic E-state index is 5.68. The maximum absolute atomic E-state index is 5.68. The molecule has 1 heterocycles. The Morgan fingerprint density at radius 3 is 2.78 bits per heavy atom. The van der Waals surface area contributed by atoms with E-state index in [2.05, 4.69) is 19.2 Å². The van der Waals surface area contributed by atoms with Gasteiger partial charge in [0.05, 0.1) is 32.1 Å². The molecule has 0 bridgehead atoms. The van der Waals surface area contributed by atoms with Crippen molar-refractivity contribution in [3.63, 3.8) is 0 Å². The molecule has 0 aromatic carbocycles. The van der Waals surface area contributed by atoms with Gasteiger partial charge in [-0.3, -0.25) is 0 Å². The van der Waals surface area contributed by atoms with Crippen molar-refractivity contribution >= 4 is 0 Å². The molecule has 0 fully saturated rings. The van der Waals surface area contributed by atoms with Gasteiger partial charge in [0, 0.05) is 12.7 Å². The van der Waals surface area contributed by atoms with Crippen molar-refractivity contribution in [1.29, 1.82) is 0 Å². The zero-order valence-corrected chi connectivity index (χ0v) is 11.9. The summed E-state index contributed by atoms with van der Waals surface area (Å²) in [5.41, 5.74) is 1.11. The number of ether oxygens (including phenoxy) is 2. The van der Waals surface area contributed by atoms with Crippen LogP contribution in [-0.4, -0.2) is 26.4 Å². The average molecular weight is 255 g/mol. The Morgan fingerprint density at radius 2 is 2.11 bits per heavy atom. The van der Waals surface area contributed by atoms with Crippen LogP contribution in [0.2, 0.25) is 0 Å². The molecule has 1 N–H and O–H groups in total. The molecule has 1 rings (SSSR count). The fraction of sp³-hybridized carbons (Fsp3) is 0.714. The summed E-state index contributed by atoms with van der Waals surface area (Å²) in [6, 6.07) is 1.96. The van der Waals surface area contributed by atoms with E-state index >= 15 is 0 Å². The van der Waals surface area contributed by atoms with Crippen molar-refractivity contribution in [3.05, 3.63) is 23.7 Å².